The van der Waals surface area contributed by atoms with E-state index in [0.29, 0.717) is 42.7 Å². The highest BCUT2D eigenvalue weighted by molar-refractivity contribution is 7.99. The van der Waals surface area contributed by atoms with Gasteiger partial charge in [0.05, 0.1) is 11.3 Å². The largest absolute Gasteiger partial charge is 0.339 e. The van der Waals surface area contributed by atoms with Crippen molar-refractivity contribution in [3.05, 3.63) is 60.4 Å². The number of aromatic nitrogens is 3. The molecule has 7 nitrogen and oxygen atoms in total. The van der Waals surface area contributed by atoms with E-state index in [1.165, 1.54) is 17.8 Å². The van der Waals surface area contributed by atoms with Gasteiger partial charge in [-0.15, -0.1) is 10.2 Å². The summed E-state index contributed by atoms with van der Waals surface area (Å²) in [6, 6.07) is 15.9. The SMILES string of the molecule is O=C(CSc1nnc(-c2ccccc2F)n1-c1ccccc1)N1CCN(C(=O)C2CC2)CC1. The van der Waals surface area contributed by atoms with Gasteiger partial charge in [-0.05, 0) is 37.1 Å². The molecule has 2 fully saturated rings. The number of para-hydroxylation sites is 1. The highest BCUT2D eigenvalue weighted by Crippen LogP contribution is 2.32. The molecule has 0 atom stereocenters. The van der Waals surface area contributed by atoms with Gasteiger partial charge in [0.1, 0.15) is 5.82 Å². The van der Waals surface area contributed by atoms with E-state index in [9.17, 15) is 14.0 Å². The third kappa shape index (κ3) is 4.64. The Morgan fingerprint density at radius 2 is 1.58 bits per heavy atom. The van der Waals surface area contributed by atoms with Gasteiger partial charge in [-0.1, -0.05) is 42.1 Å². The number of benzene rings is 2. The van der Waals surface area contributed by atoms with Crippen molar-refractivity contribution >= 4 is 23.6 Å². The van der Waals surface area contributed by atoms with Crippen molar-refractivity contribution in [2.24, 2.45) is 5.92 Å². The van der Waals surface area contributed by atoms with Crippen LogP contribution in [-0.2, 0) is 9.59 Å². The smallest absolute Gasteiger partial charge is 0.233 e. The van der Waals surface area contributed by atoms with Gasteiger partial charge in [0.15, 0.2) is 11.0 Å². The molecule has 3 aromatic rings. The van der Waals surface area contributed by atoms with Gasteiger partial charge in [-0.2, -0.15) is 0 Å². The van der Waals surface area contributed by atoms with Crippen LogP contribution in [0.3, 0.4) is 0 Å². The average Bonchev–Trinajstić information content (AvgIpc) is 3.62. The summed E-state index contributed by atoms with van der Waals surface area (Å²) in [4.78, 5) is 28.8. The van der Waals surface area contributed by atoms with Gasteiger partial charge in [-0.25, -0.2) is 4.39 Å². The Hall–Kier alpha value is -3.20. The van der Waals surface area contributed by atoms with Crippen LogP contribution >= 0.6 is 11.8 Å². The van der Waals surface area contributed by atoms with E-state index in [0.717, 1.165) is 18.5 Å². The maximum Gasteiger partial charge on any atom is 0.233 e. The van der Waals surface area contributed by atoms with Crippen molar-refractivity contribution in [2.75, 3.05) is 31.9 Å². The number of piperazine rings is 1. The van der Waals surface area contributed by atoms with E-state index in [2.05, 4.69) is 10.2 Å². The minimum Gasteiger partial charge on any atom is -0.339 e. The second kappa shape index (κ2) is 9.35. The van der Waals surface area contributed by atoms with E-state index in [1.807, 2.05) is 35.2 Å². The van der Waals surface area contributed by atoms with E-state index < -0.39 is 0 Å². The molecule has 1 saturated carbocycles. The van der Waals surface area contributed by atoms with Crippen molar-refractivity contribution < 1.29 is 14.0 Å². The first-order valence-electron chi connectivity index (χ1n) is 11.1. The number of nitrogens with zero attached hydrogens (tertiary/aromatic N) is 5. The lowest BCUT2D eigenvalue weighted by atomic mass is 10.2. The highest BCUT2D eigenvalue weighted by atomic mass is 32.2. The summed E-state index contributed by atoms with van der Waals surface area (Å²) in [6.07, 6.45) is 1.98. The molecule has 1 aliphatic carbocycles. The molecule has 5 rings (SSSR count). The molecule has 2 amide bonds. The molecule has 0 bridgehead atoms. The van der Waals surface area contributed by atoms with Gasteiger partial charge in [-0.3, -0.25) is 14.2 Å². The maximum absolute atomic E-state index is 14.5. The minimum absolute atomic E-state index is 0.00595. The van der Waals surface area contributed by atoms with Gasteiger partial charge < -0.3 is 9.80 Å². The Labute approximate surface area is 195 Å². The van der Waals surface area contributed by atoms with E-state index >= 15 is 0 Å². The highest BCUT2D eigenvalue weighted by Gasteiger charge is 2.35. The Morgan fingerprint density at radius 1 is 0.909 bits per heavy atom. The number of rotatable bonds is 6. The molecular formula is C24H24FN5O2S. The predicted molar refractivity (Wildman–Crippen MR) is 123 cm³/mol. The summed E-state index contributed by atoms with van der Waals surface area (Å²) in [5.74, 6) is 0.631. The van der Waals surface area contributed by atoms with Crippen molar-refractivity contribution in [1.29, 1.82) is 0 Å². The van der Waals surface area contributed by atoms with Crippen LogP contribution < -0.4 is 0 Å². The quantitative estimate of drug-likeness (QED) is 0.523. The normalized spacial score (nSPS) is 16.2. The van der Waals surface area contributed by atoms with Crippen LogP contribution in [0.5, 0.6) is 0 Å². The zero-order valence-corrected chi connectivity index (χ0v) is 18.9. The fourth-order valence-electron chi connectivity index (χ4n) is 3.97. The Morgan fingerprint density at radius 3 is 2.27 bits per heavy atom. The van der Waals surface area contributed by atoms with Crippen LogP contribution in [0.25, 0.3) is 17.1 Å². The number of hydrogen-bond acceptors (Lipinski definition) is 5. The molecule has 2 aromatic carbocycles. The van der Waals surface area contributed by atoms with Gasteiger partial charge in [0.25, 0.3) is 0 Å². The topological polar surface area (TPSA) is 71.3 Å². The van der Waals surface area contributed by atoms with Crippen LogP contribution in [0, 0.1) is 11.7 Å². The first-order valence-corrected chi connectivity index (χ1v) is 12.1. The van der Waals surface area contributed by atoms with Crippen LogP contribution in [0.2, 0.25) is 0 Å². The van der Waals surface area contributed by atoms with Crippen LogP contribution in [0.1, 0.15) is 12.8 Å². The fourth-order valence-corrected chi connectivity index (χ4v) is 4.83. The molecule has 2 aliphatic rings. The first-order chi connectivity index (χ1) is 16.1. The second-order valence-electron chi connectivity index (χ2n) is 8.23. The number of amides is 2. The number of carbonyl (C=O) groups excluding carboxylic acids is 2. The number of carbonyl (C=O) groups is 2. The average molecular weight is 466 g/mol. The summed E-state index contributed by atoms with van der Waals surface area (Å²) in [5, 5.41) is 9.05. The van der Waals surface area contributed by atoms with Crippen molar-refractivity contribution in [2.45, 2.75) is 18.0 Å². The third-order valence-electron chi connectivity index (χ3n) is 5.96. The van der Waals surface area contributed by atoms with Crippen molar-refractivity contribution in [1.82, 2.24) is 24.6 Å². The molecule has 9 heteroatoms. The van der Waals surface area contributed by atoms with Gasteiger partial charge in [0, 0.05) is 37.8 Å². The number of thioether (sulfide) groups is 1. The van der Waals surface area contributed by atoms with Crippen LogP contribution in [0.15, 0.2) is 59.8 Å². The first kappa shape index (κ1) is 21.6. The van der Waals surface area contributed by atoms with Crippen molar-refractivity contribution in [3.63, 3.8) is 0 Å². The molecule has 0 spiro atoms. The summed E-state index contributed by atoms with van der Waals surface area (Å²) in [6.45, 7) is 2.26. The summed E-state index contributed by atoms with van der Waals surface area (Å²) >= 11 is 1.28. The molecular weight excluding hydrogens is 441 g/mol. The Balaban J connectivity index is 1.30. The summed E-state index contributed by atoms with van der Waals surface area (Å²) in [5.41, 5.74) is 1.14. The number of hydrogen-bond donors (Lipinski definition) is 0. The monoisotopic (exact) mass is 465 g/mol. The lowest BCUT2D eigenvalue weighted by molar-refractivity contribution is -0.139. The number of halogens is 1. The molecule has 1 aliphatic heterocycles. The van der Waals surface area contributed by atoms with Crippen LogP contribution in [0.4, 0.5) is 4.39 Å². The molecule has 1 aromatic heterocycles. The predicted octanol–water partition coefficient (Wildman–Crippen LogP) is 3.25. The molecule has 0 N–H and O–H groups in total. The van der Waals surface area contributed by atoms with E-state index in [1.54, 1.807) is 27.7 Å². The Kier molecular flexibility index (Phi) is 6.13. The zero-order chi connectivity index (χ0) is 22.8. The lowest BCUT2D eigenvalue weighted by Crippen LogP contribution is -2.51. The molecule has 170 valence electrons. The minimum atomic E-state index is -0.381. The maximum atomic E-state index is 14.5. The standard InChI is InChI=1S/C24H24FN5O2S/c25-20-9-5-4-8-19(20)22-26-27-24(30(22)18-6-2-1-3-7-18)33-16-21(31)28-12-14-29(15-13-28)23(32)17-10-11-17/h1-9,17H,10-16H2. The molecule has 33 heavy (non-hydrogen) atoms. The van der Waals surface area contributed by atoms with Crippen molar-refractivity contribution in [3.8, 4) is 17.1 Å². The van der Waals surface area contributed by atoms with Gasteiger partial charge in [0.2, 0.25) is 11.8 Å². The van der Waals surface area contributed by atoms with Gasteiger partial charge >= 0.3 is 0 Å². The van der Waals surface area contributed by atoms with E-state index in [-0.39, 0.29) is 29.3 Å². The lowest BCUT2D eigenvalue weighted by Gasteiger charge is -2.34. The fraction of sp³-hybridized carbons (Fsp3) is 0.333. The molecule has 0 unspecified atom stereocenters. The van der Waals surface area contributed by atoms with E-state index in [4.69, 9.17) is 0 Å². The van der Waals surface area contributed by atoms with Crippen LogP contribution in [-0.4, -0.2) is 68.3 Å². The second-order valence-corrected chi connectivity index (χ2v) is 9.17. The Bertz CT molecular complexity index is 1160. The summed E-state index contributed by atoms with van der Waals surface area (Å²) in [7, 11) is 0. The molecule has 1 saturated heterocycles. The zero-order valence-electron chi connectivity index (χ0n) is 18.1. The molecule has 0 radical (unpaired) electrons. The summed E-state index contributed by atoms with van der Waals surface area (Å²) < 4.78 is 16.3. The third-order valence-corrected chi connectivity index (χ3v) is 6.87. The molecule has 2 heterocycles.